The van der Waals surface area contributed by atoms with Gasteiger partial charge in [0, 0.05) is 25.8 Å². The highest BCUT2D eigenvalue weighted by molar-refractivity contribution is 5.59. The molecule has 1 fully saturated rings. The van der Waals surface area contributed by atoms with Gasteiger partial charge >= 0.3 is 0 Å². The zero-order valence-electron chi connectivity index (χ0n) is 13.7. The Labute approximate surface area is 128 Å². The second-order valence-electron chi connectivity index (χ2n) is 5.74. The van der Waals surface area contributed by atoms with Crippen LogP contribution >= 0.6 is 0 Å². The SMILES string of the molecule is CCCNc1ncnc(N(C)C2CCOC2C)c1CCC. The molecule has 2 heterocycles. The van der Waals surface area contributed by atoms with Crippen molar-refractivity contribution in [3.05, 3.63) is 11.9 Å². The van der Waals surface area contributed by atoms with E-state index in [0.717, 1.165) is 50.5 Å². The lowest BCUT2D eigenvalue weighted by molar-refractivity contribution is 0.118. The van der Waals surface area contributed by atoms with Gasteiger partial charge in [0.25, 0.3) is 0 Å². The Morgan fingerprint density at radius 2 is 2.14 bits per heavy atom. The van der Waals surface area contributed by atoms with Crippen LogP contribution in [-0.4, -0.2) is 42.3 Å². The fourth-order valence-corrected chi connectivity index (χ4v) is 2.97. The third-order valence-electron chi connectivity index (χ3n) is 4.13. The summed E-state index contributed by atoms with van der Waals surface area (Å²) in [4.78, 5) is 11.3. The number of hydrogen-bond acceptors (Lipinski definition) is 5. The molecule has 0 bridgehead atoms. The summed E-state index contributed by atoms with van der Waals surface area (Å²) in [6.45, 7) is 8.29. The highest BCUT2D eigenvalue weighted by Crippen LogP contribution is 2.29. The molecule has 1 aromatic rings. The molecule has 0 aliphatic carbocycles. The number of hydrogen-bond donors (Lipinski definition) is 1. The summed E-state index contributed by atoms with van der Waals surface area (Å²) in [6.07, 6.45) is 6.16. The normalized spacial score (nSPS) is 21.5. The van der Waals surface area contributed by atoms with Crippen LogP contribution in [0.1, 0.15) is 45.6 Å². The van der Waals surface area contributed by atoms with Crippen LogP contribution in [0.3, 0.4) is 0 Å². The molecule has 0 radical (unpaired) electrons. The first kappa shape index (κ1) is 16.0. The second kappa shape index (κ2) is 7.59. The van der Waals surface area contributed by atoms with Gasteiger partial charge in [0.1, 0.15) is 18.0 Å². The van der Waals surface area contributed by atoms with Crippen LogP contribution in [0.15, 0.2) is 6.33 Å². The maximum Gasteiger partial charge on any atom is 0.137 e. The molecule has 1 aliphatic rings. The van der Waals surface area contributed by atoms with Crippen LogP contribution in [0.5, 0.6) is 0 Å². The molecule has 118 valence electrons. The number of likely N-dealkylation sites (N-methyl/N-ethyl adjacent to an activating group) is 1. The first-order valence-electron chi connectivity index (χ1n) is 8.11. The summed E-state index contributed by atoms with van der Waals surface area (Å²) in [6, 6.07) is 0.398. The number of aromatic nitrogens is 2. The van der Waals surface area contributed by atoms with Crippen molar-refractivity contribution in [2.45, 2.75) is 58.6 Å². The van der Waals surface area contributed by atoms with Gasteiger partial charge in [-0.05, 0) is 26.2 Å². The molecular formula is C16H28N4O. The fourth-order valence-electron chi connectivity index (χ4n) is 2.97. The van der Waals surface area contributed by atoms with Crippen molar-refractivity contribution in [3.8, 4) is 0 Å². The third-order valence-corrected chi connectivity index (χ3v) is 4.13. The number of ether oxygens (including phenoxy) is 1. The van der Waals surface area contributed by atoms with E-state index in [2.05, 4.69) is 48.0 Å². The Kier molecular flexibility index (Phi) is 5.79. The van der Waals surface area contributed by atoms with Crippen molar-refractivity contribution in [2.75, 3.05) is 30.4 Å². The molecule has 0 amide bonds. The fraction of sp³-hybridized carbons (Fsp3) is 0.750. The Morgan fingerprint density at radius 1 is 1.33 bits per heavy atom. The minimum absolute atomic E-state index is 0.256. The Hall–Kier alpha value is -1.36. The zero-order valence-corrected chi connectivity index (χ0v) is 13.7. The molecule has 1 N–H and O–H groups in total. The second-order valence-corrected chi connectivity index (χ2v) is 5.74. The summed E-state index contributed by atoms with van der Waals surface area (Å²) in [5.74, 6) is 2.04. The average Bonchev–Trinajstić information content (AvgIpc) is 2.91. The lowest BCUT2D eigenvalue weighted by atomic mass is 10.1. The summed E-state index contributed by atoms with van der Waals surface area (Å²) in [7, 11) is 2.13. The van der Waals surface area contributed by atoms with Crippen molar-refractivity contribution >= 4 is 11.6 Å². The molecule has 2 rings (SSSR count). The van der Waals surface area contributed by atoms with Crippen LogP contribution < -0.4 is 10.2 Å². The highest BCUT2D eigenvalue weighted by Gasteiger charge is 2.30. The molecule has 2 unspecified atom stereocenters. The zero-order chi connectivity index (χ0) is 15.2. The molecule has 0 spiro atoms. The predicted octanol–water partition coefficient (Wildman–Crippen LogP) is 2.86. The maximum absolute atomic E-state index is 5.70. The predicted molar refractivity (Wildman–Crippen MR) is 87.0 cm³/mol. The van der Waals surface area contributed by atoms with E-state index in [1.807, 2.05) is 0 Å². The standard InChI is InChI=1S/C16H28N4O/c1-5-7-13-15(17-9-6-2)18-11-19-16(13)20(4)14-8-10-21-12(14)3/h11-12,14H,5-10H2,1-4H3,(H,17,18,19). The first-order valence-corrected chi connectivity index (χ1v) is 8.11. The summed E-state index contributed by atoms with van der Waals surface area (Å²) in [5, 5.41) is 3.44. The molecule has 5 nitrogen and oxygen atoms in total. The topological polar surface area (TPSA) is 50.3 Å². The molecule has 2 atom stereocenters. The van der Waals surface area contributed by atoms with Crippen molar-refractivity contribution in [1.29, 1.82) is 0 Å². The van der Waals surface area contributed by atoms with Gasteiger partial charge in [0.15, 0.2) is 0 Å². The smallest absolute Gasteiger partial charge is 0.137 e. The van der Waals surface area contributed by atoms with E-state index in [0.29, 0.717) is 6.04 Å². The largest absolute Gasteiger partial charge is 0.376 e. The van der Waals surface area contributed by atoms with Gasteiger partial charge in [-0.2, -0.15) is 0 Å². The number of rotatable bonds is 7. The quantitative estimate of drug-likeness (QED) is 0.837. The Balaban J connectivity index is 2.28. The van der Waals surface area contributed by atoms with Gasteiger partial charge in [-0.25, -0.2) is 9.97 Å². The van der Waals surface area contributed by atoms with E-state index < -0.39 is 0 Å². The van der Waals surface area contributed by atoms with Gasteiger partial charge in [0.05, 0.1) is 12.1 Å². The van der Waals surface area contributed by atoms with E-state index in [9.17, 15) is 0 Å². The van der Waals surface area contributed by atoms with Gasteiger partial charge in [-0.15, -0.1) is 0 Å². The molecule has 1 aliphatic heterocycles. The van der Waals surface area contributed by atoms with Gasteiger partial charge < -0.3 is 15.0 Å². The lowest BCUT2D eigenvalue weighted by Gasteiger charge is -2.30. The minimum atomic E-state index is 0.256. The van der Waals surface area contributed by atoms with Crippen molar-refractivity contribution in [1.82, 2.24) is 9.97 Å². The molecule has 0 saturated carbocycles. The van der Waals surface area contributed by atoms with Crippen LogP contribution in [0.2, 0.25) is 0 Å². The monoisotopic (exact) mass is 292 g/mol. The highest BCUT2D eigenvalue weighted by atomic mass is 16.5. The summed E-state index contributed by atoms with van der Waals surface area (Å²) < 4.78 is 5.70. The molecular weight excluding hydrogens is 264 g/mol. The van der Waals surface area contributed by atoms with Crippen LogP contribution in [0.4, 0.5) is 11.6 Å². The van der Waals surface area contributed by atoms with Crippen molar-refractivity contribution in [2.24, 2.45) is 0 Å². The number of nitrogens with one attached hydrogen (secondary N) is 1. The Morgan fingerprint density at radius 3 is 2.76 bits per heavy atom. The van der Waals surface area contributed by atoms with E-state index in [-0.39, 0.29) is 6.10 Å². The number of nitrogens with zero attached hydrogens (tertiary/aromatic N) is 3. The molecule has 1 aromatic heterocycles. The van der Waals surface area contributed by atoms with Crippen LogP contribution in [-0.2, 0) is 11.2 Å². The first-order chi connectivity index (χ1) is 10.2. The minimum Gasteiger partial charge on any atom is -0.376 e. The van der Waals surface area contributed by atoms with Crippen molar-refractivity contribution in [3.63, 3.8) is 0 Å². The van der Waals surface area contributed by atoms with E-state index in [1.165, 1.54) is 5.56 Å². The molecule has 5 heteroatoms. The van der Waals surface area contributed by atoms with Crippen molar-refractivity contribution < 1.29 is 4.74 Å². The maximum atomic E-state index is 5.70. The average molecular weight is 292 g/mol. The lowest BCUT2D eigenvalue weighted by Crippen LogP contribution is -2.38. The number of anilines is 2. The van der Waals surface area contributed by atoms with Crippen LogP contribution in [0.25, 0.3) is 0 Å². The molecule has 0 aromatic carbocycles. The van der Waals surface area contributed by atoms with Crippen LogP contribution in [0, 0.1) is 0 Å². The van der Waals surface area contributed by atoms with E-state index in [1.54, 1.807) is 6.33 Å². The molecule has 1 saturated heterocycles. The van der Waals surface area contributed by atoms with Gasteiger partial charge in [-0.3, -0.25) is 0 Å². The summed E-state index contributed by atoms with van der Waals surface area (Å²) in [5.41, 5.74) is 1.23. The van der Waals surface area contributed by atoms with E-state index in [4.69, 9.17) is 4.74 Å². The molecule has 21 heavy (non-hydrogen) atoms. The Bertz CT molecular complexity index is 452. The van der Waals surface area contributed by atoms with Gasteiger partial charge in [-0.1, -0.05) is 20.3 Å². The van der Waals surface area contributed by atoms with E-state index >= 15 is 0 Å². The summed E-state index contributed by atoms with van der Waals surface area (Å²) >= 11 is 0. The van der Waals surface area contributed by atoms with Gasteiger partial charge in [0.2, 0.25) is 0 Å². The third kappa shape index (κ3) is 3.64.